The van der Waals surface area contributed by atoms with Gasteiger partial charge in [0.15, 0.2) is 5.76 Å². The van der Waals surface area contributed by atoms with E-state index in [4.69, 9.17) is 24.2 Å². The molecule has 166 valence electrons. The molecule has 1 saturated heterocycles. The van der Waals surface area contributed by atoms with Gasteiger partial charge in [0.1, 0.15) is 5.82 Å². The lowest BCUT2D eigenvalue weighted by atomic mass is 10.2. The smallest absolute Gasteiger partial charge is 0.414 e. The number of benzene rings is 1. The molecule has 11 heteroatoms. The molecule has 1 aromatic heterocycles. The molecule has 1 fully saturated rings. The molecule has 1 aliphatic heterocycles. The van der Waals surface area contributed by atoms with Crippen LogP contribution in [0.3, 0.4) is 0 Å². The van der Waals surface area contributed by atoms with Crippen LogP contribution in [0.4, 0.5) is 10.1 Å². The van der Waals surface area contributed by atoms with Crippen LogP contribution in [-0.2, 0) is 14.4 Å². The van der Waals surface area contributed by atoms with E-state index in [1.165, 1.54) is 18.4 Å². The van der Waals surface area contributed by atoms with Gasteiger partial charge in [-0.3, -0.25) is 19.4 Å². The molecule has 2 aromatic rings. The number of rotatable bonds is 6. The molecule has 31 heavy (non-hydrogen) atoms. The number of hydrogen-bond donors (Lipinski definition) is 3. The van der Waals surface area contributed by atoms with E-state index in [9.17, 15) is 14.0 Å². The molecule has 1 amide bonds. The van der Waals surface area contributed by atoms with Crippen molar-refractivity contribution >= 4 is 29.3 Å². The van der Waals surface area contributed by atoms with E-state index < -0.39 is 17.8 Å². The van der Waals surface area contributed by atoms with E-state index >= 15 is 0 Å². The van der Waals surface area contributed by atoms with Crippen LogP contribution < -0.4 is 5.32 Å². The minimum atomic E-state index is -1.82. The Morgan fingerprint density at radius 1 is 0.903 bits per heavy atom. The van der Waals surface area contributed by atoms with Crippen molar-refractivity contribution in [3.05, 3.63) is 54.2 Å². The second-order valence-electron chi connectivity index (χ2n) is 6.59. The summed E-state index contributed by atoms with van der Waals surface area (Å²) in [6.07, 6.45) is 1.49. The Morgan fingerprint density at radius 2 is 1.48 bits per heavy atom. The van der Waals surface area contributed by atoms with Crippen LogP contribution in [0.25, 0.3) is 0 Å². The molecule has 0 unspecified atom stereocenters. The zero-order valence-electron chi connectivity index (χ0n) is 16.5. The lowest BCUT2D eigenvalue weighted by molar-refractivity contribution is -0.159. The van der Waals surface area contributed by atoms with Gasteiger partial charge in [0.25, 0.3) is 0 Å². The van der Waals surface area contributed by atoms with Gasteiger partial charge < -0.3 is 19.9 Å². The van der Waals surface area contributed by atoms with E-state index in [-0.39, 0.29) is 23.9 Å². The number of ketones is 1. The third kappa shape index (κ3) is 7.99. The summed E-state index contributed by atoms with van der Waals surface area (Å²) in [5.41, 5.74) is 0.190. The minimum Gasteiger partial charge on any atom is -0.473 e. The van der Waals surface area contributed by atoms with Crippen LogP contribution in [-0.4, -0.2) is 82.9 Å². The predicted molar refractivity (Wildman–Crippen MR) is 106 cm³/mol. The molecule has 0 spiro atoms. The molecule has 1 aromatic carbocycles. The number of piperazine rings is 1. The first-order chi connectivity index (χ1) is 14.8. The Balaban J connectivity index is 0.000000501. The summed E-state index contributed by atoms with van der Waals surface area (Å²) < 4.78 is 18.6. The Labute approximate surface area is 176 Å². The summed E-state index contributed by atoms with van der Waals surface area (Å²) >= 11 is 0. The van der Waals surface area contributed by atoms with E-state index in [2.05, 4.69) is 5.32 Å². The maximum absolute atomic E-state index is 13.5. The van der Waals surface area contributed by atoms with Crippen LogP contribution in [0, 0.1) is 5.82 Å². The minimum absolute atomic E-state index is 0.0456. The van der Waals surface area contributed by atoms with Crippen molar-refractivity contribution in [3.8, 4) is 0 Å². The average Bonchev–Trinajstić information content (AvgIpc) is 3.27. The highest BCUT2D eigenvalue weighted by Gasteiger charge is 2.22. The van der Waals surface area contributed by atoms with Gasteiger partial charge in [-0.05, 0) is 24.3 Å². The molecular weight excluding hydrogens is 413 g/mol. The van der Waals surface area contributed by atoms with E-state index in [0.717, 1.165) is 0 Å². The van der Waals surface area contributed by atoms with E-state index in [1.807, 2.05) is 9.80 Å². The van der Waals surface area contributed by atoms with Gasteiger partial charge in [0.2, 0.25) is 11.7 Å². The third-order valence-corrected chi connectivity index (χ3v) is 4.33. The molecule has 1 aliphatic rings. The summed E-state index contributed by atoms with van der Waals surface area (Å²) in [6, 6.07) is 9.45. The van der Waals surface area contributed by atoms with Crippen LogP contribution in [0.2, 0.25) is 0 Å². The first-order valence-corrected chi connectivity index (χ1v) is 9.28. The number of Topliss-reactive ketones (excluding diaryl/α,β-unsaturated/α-hetero) is 1. The second kappa shape index (κ2) is 11.6. The third-order valence-electron chi connectivity index (χ3n) is 4.33. The summed E-state index contributed by atoms with van der Waals surface area (Å²) in [5.74, 6) is -4.02. The lowest BCUT2D eigenvalue weighted by Gasteiger charge is -2.33. The number of halogens is 1. The summed E-state index contributed by atoms with van der Waals surface area (Å²) in [7, 11) is 0. The van der Waals surface area contributed by atoms with Crippen LogP contribution >= 0.6 is 0 Å². The summed E-state index contributed by atoms with van der Waals surface area (Å²) in [6.45, 7) is 3.25. The number of nitrogens with zero attached hydrogens (tertiary/aromatic N) is 2. The number of amides is 1. The first kappa shape index (κ1) is 23.7. The Hall–Kier alpha value is -3.57. The topological polar surface area (TPSA) is 140 Å². The maximum Gasteiger partial charge on any atom is 0.414 e. The number of carbonyl (C=O) groups excluding carboxylic acids is 2. The fraction of sp³-hybridized carbons (Fsp3) is 0.300. The van der Waals surface area contributed by atoms with Crippen molar-refractivity contribution in [1.82, 2.24) is 9.80 Å². The molecule has 0 bridgehead atoms. The van der Waals surface area contributed by atoms with Crippen LogP contribution in [0.1, 0.15) is 10.6 Å². The monoisotopic (exact) mass is 435 g/mol. The zero-order valence-corrected chi connectivity index (χ0v) is 16.5. The number of carboxylic acids is 2. The van der Waals surface area contributed by atoms with Crippen molar-refractivity contribution < 1.29 is 38.2 Å². The fourth-order valence-electron chi connectivity index (χ4n) is 2.78. The predicted octanol–water partition coefficient (Wildman–Crippen LogP) is 1.01. The molecule has 3 N–H and O–H groups in total. The molecule has 10 nitrogen and oxygen atoms in total. The lowest BCUT2D eigenvalue weighted by Crippen LogP contribution is -2.49. The summed E-state index contributed by atoms with van der Waals surface area (Å²) in [4.78, 5) is 46.3. The molecule has 0 radical (unpaired) electrons. The highest BCUT2D eigenvalue weighted by atomic mass is 19.1. The Kier molecular flexibility index (Phi) is 8.85. The van der Waals surface area contributed by atoms with Crippen molar-refractivity contribution in [3.63, 3.8) is 0 Å². The highest BCUT2D eigenvalue weighted by Crippen LogP contribution is 2.12. The van der Waals surface area contributed by atoms with Gasteiger partial charge >= 0.3 is 11.9 Å². The van der Waals surface area contributed by atoms with E-state index in [0.29, 0.717) is 38.5 Å². The van der Waals surface area contributed by atoms with Crippen molar-refractivity contribution in [2.45, 2.75) is 0 Å². The molecular formula is C20H22FN3O7. The number of carbonyl (C=O) groups is 4. The molecule has 0 saturated carbocycles. The molecule has 0 atom stereocenters. The van der Waals surface area contributed by atoms with Gasteiger partial charge in [-0.2, -0.15) is 0 Å². The van der Waals surface area contributed by atoms with Crippen LogP contribution in [0.5, 0.6) is 0 Å². The van der Waals surface area contributed by atoms with Gasteiger partial charge in [0, 0.05) is 26.2 Å². The van der Waals surface area contributed by atoms with Gasteiger partial charge in [-0.1, -0.05) is 12.1 Å². The zero-order chi connectivity index (χ0) is 22.8. The molecule has 2 heterocycles. The quantitative estimate of drug-likeness (QED) is 0.448. The number of furan rings is 1. The Morgan fingerprint density at radius 3 is 2.00 bits per heavy atom. The van der Waals surface area contributed by atoms with Crippen molar-refractivity contribution in [1.29, 1.82) is 0 Å². The normalized spacial score (nSPS) is 14.2. The average molecular weight is 435 g/mol. The number of carboxylic acid groups (broad SMARTS) is 2. The number of anilines is 1. The SMILES string of the molecule is O=C(CN1CCN(CC(=O)c2ccco2)CC1)Nc1ccccc1F.O=C(O)C(=O)O. The molecule has 0 aliphatic carbocycles. The number of hydrogen-bond acceptors (Lipinski definition) is 7. The number of para-hydroxylation sites is 1. The number of nitrogens with one attached hydrogen (secondary N) is 1. The second-order valence-corrected chi connectivity index (χ2v) is 6.59. The van der Waals surface area contributed by atoms with Crippen LogP contribution in [0.15, 0.2) is 47.1 Å². The highest BCUT2D eigenvalue weighted by molar-refractivity contribution is 6.27. The standard InChI is InChI=1S/C18H20FN3O3.C2H2O4/c19-14-4-1-2-5-15(14)20-18(24)13-22-9-7-21(8-10-22)12-16(23)17-6-3-11-25-17;3-1(4)2(5)6/h1-6,11H,7-10,12-13H2,(H,20,24);(H,3,4)(H,5,6). The molecule has 3 rings (SSSR count). The number of aliphatic carboxylic acids is 2. The first-order valence-electron chi connectivity index (χ1n) is 9.28. The van der Waals surface area contributed by atoms with Gasteiger partial charge in [0.05, 0.1) is 25.0 Å². The van der Waals surface area contributed by atoms with Gasteiger partial charge in [-0.25, -0.2) is 14.0 Å². The van der Waals surface area contributed by atoms with Gasteiger partial charge in [-0.15, -0.1) is 0 Å². The van der Waals surface area contributed by atoms with Crippen molar-refractivity contribution in [2.24, 2.45) is 0 Å². The van der Waals surface area contributed by atoms with Crippen molar-refractivity contribution in [2.75, 3.05) is 44.6 Å². The summed E-state index contributed by atoms with van der Waals surface area (Å²) in [5, 5.41) is 17.4. The van der Waals surface area contributed by atoms with E-state index in [1.54, 1.807) is 24.3 Å². The fourth-order valence-corrected chi connectivity index (χ4v) is 2.78. The maximum atomic E-state index is 13.5. The Bertz CT molecular complexity index is 897. The largest absolute Gasteiger partial charge is 0.473 e.